The van der Waals surface area contributed by atoms with Gasteiger partial charge in [0.05, 0.1) is 0 Å². The molecule has 0 radical (unpaired) electrons. The Bertz CT molecular complexity index is 676. The van der Waals surface area contributed by atoms with Crippen LogP contribution in [-0.2, 0) is 0 Å². The van der Waals surface area contributed by atoms with E-state index < -0.39 is 23.5 Å². The standard InChI is InChI=1S/C16H11F4NO/c17-12-6-8-13(9-7-12)21-15(16(18,19)20)10-14(22)11-4-2-1-3-5-11/h1-10,21H/b15-10+. The Morgan fingerprint density at radius 1 is 0.955 bits per heavy atom. The zero-order chi connectivity index (χ0) is 16.2. The highest BCUT2D eigenvalue weighted by Crippen LogP contribution is 2.27. The van der Waals surface area contributed by atoms with Crippen LogP contribution in [0.1, 0.15) is 10.4 Å². The lowest BCUT2D eigenvalue weighted by Gasteiger charge is -2.14. The largest absolute Gasteiger partial charge is 0.431 e. The van der Waals surface area contributed by atoms with Gasteiger partial charge in [-0.2, -0.15) is 13.2 Å². The smallest absolute Gasteiger partial charge is 0.351 e. The fourth-order valence-electron chi connectivity index (χ4n) is 1.69. The zero-order valence-electron chi connectivity index (χ0n) is 11.2. The van der Waals surface area contributed by atoms with Gasteiger partial charge in [-0.15, -0.1) is 0 Å². The van der Waals surface area contributed by atoms with Gasteiger partial charge in [-0.1, -0.05) is 30.3 Å². The summed E-state index contributed by atoms with van der Waals surface area (Å²) in [6.07, 6.45) is -4.25. The van der Waals surface area contributed by atoms with Gasteiger partial charge in [0, 0.05) is 17.3 Å². The van der Waals surface area contributed by atoms with Crippen LogP contribution in [0.4, 0.5) is 23.2 Å². The third kappa shape index (κ3) is 4.18. The predicted molar refractivity (Wildman–Crippen MR) is 74.9 cm³/mol. The highest BCUT2D eigenvalue weighted by Gasteiger charge is 2.34. The van der Waals surface area contributed by atoms with Gasteiger partial charge in [0.1, 0.15) is 11.5 Å². The van der Waals surface area contributed by atoms with Crippen LogP contribution >= 0.6 is 0 Å². The predicted octanol–water partition coefficient (Wildman–Crippen LogP) is 4.57. The number of hydrogen-bond donors (Lipinski definition) is 1. The van der Waals surface area contributed by atoms with Crippen molar-refractivity contribution in [3.63, 3.8) is 0 Å². The Morgan fingerprint density at radius 2 is 1.55 bits per heavy atom. The molecule has 0 aliphatic carbocycles. The Labute approximate surface area is 124 Å². The third-order valence-electron chi connectivity index (χ3n) is 2.76. The van der Waals surface area contributed by atoms with Gasteiger partial charge in [0.15, 0.2) is 5.78 Å². The molecular formula is C16H11F4NO. The first-order valence-corrected chi connectivity index (χ1v) is 6.27. The first kappa shape index (κ1) is 15.8. The molecule has 0 amide bonds. The van der Waals surface area contributed by atoms with Crippen molar-refractivity contribution >= 4 is 11.5 Å². The maximum absolute atomic E-state index is 13.0. The number of hydrogen-bond acceptors (Lipinski definition) is 2. The molecular weight excluding hydrogens is 298 g/mol. The van der Waals surface area contributed by atoms with Crippen molar-refractivity contribution in [2.24, 2.45) is 0 Å². The van der Waals surface area contributed by atoms with E-state index in [1.54, 1.807) is 18.2 Å². The number of benzene rings is 2. The van der Waals surface area contributed by atoms with Gasteiger partial charge in [-0.3, -0.25) is 4.79 Å². The second-order valence-corrected chi connectivity index (χ2v) is 4.42. The Morgan fingerprint density at radius 3 is 2.09 bits per heavy atom. The van der Waals surface area contributed by atoms with Crippen LogP contribution < -0.4 is 5.32 Å². The van der Waals surface area contributed by atoms with E-state index in [9.17, 15) is 22.4 Å². The quantitative estimate of drug-likeness (QED) is 0.509. The van der Waals surface area contributed by atoms with Gasteiger partial charge < -0.3 is 5.32 Å². The first-order chi connectivity index (χ1) is 10.4. The van der Waals surface area contributed by atoms with E-state index in [-0.39, 0.29) is 11.3 Å². The lowest BCUT2D eigenvalue weighted by Crippen LogP contribution is -2.20. The summed E-state index contributed by atoms with van der Waals surface area (Å²) >= 11 is 0. The fraction of sp³-hybridized carbons (Fsp3) is 0.0625. The van der Waals surface area contributed by atoms with Crippen molar-refractivity contribution in [2.45, 2.75) is 6.18 Å². The number of halogens is 4. The van der Waals surface area contributed by atoms with Crippen LogP contribution in [0.5, 0.6) is 0 Å². The number of nitrogens with one attached hydrogen (secondary N) is 1. The van der Waals surface area contributed by atoms with Crippen molar-refractivity contribution in [3.8, 4) is 0 Å². The molecule has 2 aromatic carbocycles. The summed E-state index contributed by atoms with van der Waals surface area (Å²) in [5.74, 6) is -1.34. The van der Waals surface area contributed by atoms with E-state index in [0.29, 0.717) is 6.08 Å². The van der Waals surface area contributed by atoms with Gasteiger partial charge in [-0.25, -0.2) is 4.39 Å². The highest BCUT2D eigenvalue weighted by molar-refractivity contribution is 6.05. The van der Waals surface area contributed by atoms with Crippen molar-refractivity contribution < 1.29 is 22.4 Å². The summed E-state index contributed by atoms with van der Waals surface area (Å²) in [6, 6.07) is 12.0. The van der Waals surface area contributed by atoms with E-state index in [0.717, 1.165) is 24.3 Å². The van der Waals surface area contributed by atoms with E-state index in [1.165, 1.54) is 12.1 Å². The topological polar surface area (TPSA) is 29.1 Å². The molecule has 114 valence electrons. The molecule has 0 aromatic heterocycles. The van der Waals surface area contributed by atoms with Crippen LogP contribution in [0.15, 0.2) is 66.4 Å². The second kappa shape index (κ2) is 6.43. The van der Waals surface area contributed by atoms with E-state index >= 15 is 0 Å². The minimum absolute atomic E-state index is 0.0332. The molecule has 2 nitrogen and oxygen atoms in total. The summed E-state index contributed by atoms with van der Waals surface area (Å²) in [4.78, 5) is 11.9. The number of carbonyl (C=O) groups is 1. The monoisotopic (exact) mass is 309 g/mol. The minimum atomic E-state index is -4.74. The number of rotatable bonds is 4. The van der Waals surface area contributed by atoms with Gasteiger partial charge in [-0.05, 0) is 24.3 Å². The second-order valence-electron chi connectivity index (χ2n) is 4.42. The van der Waals surface area contributed by atoms with Crippen LogP contribution in [-0.4, -0.2) is 12.0 Å². The summed E-state index contributed by atoms with van der Waals surface area (Å²) in [5, 5.41) is 2.10. The molecule has 0 saturated carbocycles. The Kier molecular flexibility index (Phi) is 4.60. The minimum Gasteiger partial charge on any atom is -0.351 e. The molecule has 2 rings (SSSR count). The third-order valence-corrected chi connectivity index (χ3v) is 2.76. The lowest BCUT2D eigenvalue weighted by atomic mass is 10.1. The Balaban J connectivity index is 2.28. The fourth-order valence-corrected chi connectivity index (χ4v) is 1.69. The van der Waals surface area contributed by atoms with Crippen LogP contribution in [0.25, 0.3) is 0 Å². The summed E-state index contributed by atoms with van der Waals surface area (Å²) in [6.45, 7) is 0. The SMILES string of the molecule is O=C(/C=C(/Nc1ccc(F)cc1)C(F)(F)F)c1ccccc1. The van der Waals surface area contributed by atoms with Crippen molar-refractivity contribution in [2.75, 3.05) is 5.32 Å². The van der Waals surface area contributed by atoms with Crippen LogP contribution in [0.3, 0.4) is 0 Å². The van der Waals surface area contributed by atoms with Gasteiger partial charge in [0.25, 0.3) is 0 Å². The average Bonchev–Trinajstić information content (AvgIpc) is 2.48. The molecule has 0 unspecified atom stereocenters. The number of ketones is 1. The zero-order valence-corrected chi connectivity index (χ0v) is 11.2. The molecule has 6 heteroatoms. The van der Waals surface area contributed by atoms with E-state index in [1.807, 2.05) is 0 Å². The van der Waals surface area contributed by atoms with Crippen LogP contribution in [0.2, 0.25) is 0 Å². The Hall–Kier alpha value is -2.63. The molecule has 0 heterocycles. The van der Waals surface area contributed by atoms with E-state index in [4.69, 9.17) is 0 Å². The molecule has 22 heavy (non-hydrogen) atoms. The molecule has 0 fully saturated rings. The highest BCUT2D eigenvalue weighted by atomic mass is 19.4. The molecule has 0 bridgehead atoms. The molecule has 1 N–H and O–H groups in total. The molecule has 0 atom stereocenters. The van der Waals surface area contributed by atoms with Gasteiger partial charge >= 0.3 is 6.18 Å². The van der Waals surface area contributed by atoms with Crippen molar-refractivity contribution in [1.29, 1.82) is 0 Å². The number of carbonyl (C=O) groups excluding carboxylic acids is 1. The summed E-state index contributed by atoms with van der Waals surface area (Å²) in [5.41, 5.74) is -1.04. The number of alkyl halides is 3. The van der Waals surface area contributed by atoms with Crippen molar-refractivity contribution in [1.82, 2.24) is 0 Å². The van der Waals surface area contributed by atoms with Gasteiger partial charge in [0.2, 0.25) is 0 Å². The first-order valence-electron chi connectivity index (χ1n) is 6.27. The summed E-state index contributed by atoms with van der Waals surface area (Å²) < 4.78 is 51.8. The molecule has 0 saturated heterocycles. The number of anilines is 1. The van der Waals surface area contributed by atoms with Crippen molar-refractivity contribution in [3.05, 3.63) is 77.8 Å². The normalized spacial score (nSPS) is 12.1. The molecule has 0 spiro atoms. The maximum Gasteiger partial charge on any atom is 0.431 e. The molecule has 0 aliphatic heterocycles. The maximum atomic E-state index is 13.0. The number of allylic oxidation sites excluding steroid dienone is 2. The van der Waals surface area contributed by atoms with E-state index in [2.05, 4.69) is 5.32 Å². The molecule has 0 aliphatic rings. The molecule has 2 aromatic rings. The lowest BCUT2D eigenvalue weighted by molar-refractivity contribution is -0.0903. The van der Waals surface area contributed by atoms with Crippen LogP contribution in [0, 0.1) is 5.82 Å². The average molecular weight is 309 g/mol. The summed E-state index contributed by atoms with van der Waals surface area (Å²) in [7, 11) is 0.